The smallest absolute Gasteiger partial charge is 0.337 e. The van der Waals surface area contributed by atoms with Crippen molar-refractivity contribution < 1.29 is 9.90 Å². The third-order valence-electron chi connectivity index (χ3n) is 2.63. The van der Waals surface area contributed by atoms with E-state index in [4.69, 9.17) is 5.11 Å². The van der Waals surface area contributed by atoms with Crippen molar-refractivity contribution >= 4 is 11.6 Å². The lowest BCUT2D eigenvalue weighted by Crippen LogP contribution is -1.97. The molecule has 0 bridgehead atoms. The summed E-state index contributed by atoms with van der Waals surface area (Å²) < 4.78 is 1.69. The Balaban J connectivity index is 2.14. The Bertz CT molecular complexity index is 719. The molecule has 0 amide bonds. The third kappa shape index (κ3) is 1.71. The molecule has 0 aliphatic rings. The van der Waals surface area contributed by atoms with Crippen LogP contribution in [0.2, 0.25) is 0 Å². The zero-order chi connectivity index (χ0) is 12.5. The first-order valence-corrected chi connectivity index (χ1v) is 5.37. The minimum atomic E-state index is -0.954. The number of hydrogen-bond acceptors (Lipinski definition) is 3. The molecule has 0 radical (unpaired) electrons. The SMILES string of the molecule is O=C(O)c1ccc2nc(-c3ccccn3)cn2c1. The van der Waals surface area contributed by atoms with Gasteiger partial charge in [0.05, 0.1) is 11.3 Å². The molecule has 3 heterocycles. The van der Waals surface area contributed by atoms with Crippen LogP contribution in [0.4, 0.5) is 0 Å². The van der Waals surface area contributed by atoms with Crippen molar-refractivity contribution in [1.82, 2.24) is 14.4 Å². The molecule has 1 N–H and O–H groups in total. The molecule has 0 saturated heterocycles. The fourth-order valence-electron chi connectivity index (χ4n) is 1.76. The lowest BCUT2D eigenvalue weighted by atomic mass is 10.3. The van der Waals surface area contributed by atoms with Crippen molar-refractivity contribution in [1.29, 1.82) is 0 Å². The Morgan fingerprint density at radius 2 is 2.00 bits per heavy atom. The number of aromatic nitrogens is 3. The molecule has 0 spiro atoms. The molecular weight excluding hydrogens is 230 g/mol. The first-order valence-electron chi connectivity index (χ1n) is 5.37. The van der Waals surface area contributed by atoms with Gasteiger partial charge in [0.1, 0.15) is 11.3 Å². The van der Waals surface area contributed by atoms with Gasteiger partial charge in [0.2, 0.25) is 0 Å². The maximum Gasteiger partial charge on any atom is 0.337 e. The second kappa shape index (κ2) is 3.96. The number of fused-ring (bicyclic) bond motifs is 1. The van der Waals surface area contributed by atoms with Crippen molar-refractivity contribution in [3.63, 3.8) is 0 Å². The number of carboxylic acids is 1. The molecule has 0 fully saturated rings. The molecule has 0 saturated carbocycles. The predicted octanol–water partition coefficient (Wildman–Crippen LogP) is 2.09. The third-order valence-corrected chi connectivity index (χ3v) is 2.63. The summed E-state index contributed by atoms with van der Waals surface area (Å²) in [4.78, 5) is 19.5. The average Bonchev–Trinajstić information content (AvgIpc) is 2.82. The summed E-state index contributed by atoms with van der Waals surface area (Å²) in [6, 6.07) is 8.79. The monoisotopic (exact) mass is 239 g/mol. The van der Waals surface area contributed by atoms with Crippen molar-refractivity contribution in [2.75, 3.05) is 0 Å². The van der Waals surface area contributed by atoms with Crippen LogP contribution in [0.5, 0.6) is 0 Å². The summed E-state index contributed by atoms with van der Waals surface area (Å²) in [6.07, 6.45) is 5.00. The lowest BCUT2D eigenvalue weighted by molar-refractivity contribution is 0.0696. The van der Waals surface area contributed by atoms with Gasteiger partial charge in [-0.2, -0.15) is 0 Å². The van der Waals surface area contributed by atoms with Crippen LogP contribution < -0.4 is 0 Å². The van der Waals surface area contributed by atoms with Gasteiger partial charge in [-0.3, -0.25) is 4.98 Å². The second-order valence-electron chi connectivity index (χ2n) is 3.83. The Labute approximate surface area is 102 Å². The van der Waals surface area contributed by atoms with Crippen molar-refractivity contribution in [2.45, 2.75) is 0 Å². The quantitative estimate of drug-likeness (QED) is 0.743. The molecule has 88 valence electrons. The predicted molar refractivity (Wildman–Crippen MR) is 65.4 cm³/mol. The first-order chi connectivity index (χ1) is 8.74. The number of hydrogen-bond donors (Lipinski definition) is 1. The zero-order valence-electron chi connectivity index (χ0n) is 9.32. The van der Waals surface area contributed by atoms with Gasteiger partial charge < -0.3 is 9.51 Å². The minimum Gasteiger partial charge on any atom is -0.478 e. The molecule has 3 aromatic rings. The van der Waals surface area contributed by atoms with E-state index in [-0.39, 0.29) is 5.56 Å². The Morgan fingerprint density at radius 1 is 1.11 bits per heavy atom. The Morgan fingerprint density at radius 3 is 2.72 bits per heavy atom. The number of nitrogens with zero attached hydrogens (tertiary/aromatic N) is 3. The van der Waals surface area contributed by atoms with Crippen molar-refractivity contribution in [2.24, 2.45) is 0 Å². The maximum atomic E-state index is 10.9. The fourth-order valence-corrected chi connectivity index (χ4v) is 1.76. The van der Waals surface area contributed by atoms with Crippen LogP contribution >= 0.6 is 0 Å². The van der Waals surface area contributed by atoms with Gasteiger partial charge in [-0.15, -0.1) is 0 Å². The number of carbonyl (C=O) groups is 1. The number of rotatable bonds is 2. The molecule has 3 aromatic heterocycles. The van der Waals surface area contributed by atoms with Gasteiger partial charge in [0.25, 0.3) is 0 Å². The van der Waals surface area contributed by atoms with Crippen molar-refractivity contribution in [3.05, 3.63) is 54.5 Å². The largest absolute Gasteiger partial charge is 0.478 e. The van der Waals surface area contributed by atoms with Gasteiger partial charge in [-0.1, -0.05) is 6.07 Å². The average molecular weight is 239 g/mol. The number of carboxylic acid groups (broad SMARTS) is 1. The Hall–Kier alpha value is -2.69. The van der Waals surface area contributed by atoms with Crippen molar-refractivity contribution in [3.8, 4) is 11.4 Å². The van der Waals surface area contributed by atoms with E-state index in [9.17, 15) is 4.79 Å². The topological polar surface area (TPSA) is 67.5 Å². The van der Waals surface area contributed by atoms with Gasteiger partial charge >= 0.3 is 5.97 Å². The summed E-state index contributed by atoms with van der Waals surface area (Å²) >= 11 is 0. The van der Waals surface area contributed by atoms with Crippen LogP contribution in [0.25, 0.3) is 17.0 Å². The van der Waals surface area contributed by atoms with Crippen LogP contribution in [0, 0.1) is 0 Å². The van der Waals surface area contributed by atoms with Gasteiger partial charge in [0.15, 0.2) is 0 Å². The first kappa shape index (κ1) is 10.5. The van der Waals surface area contributed by atoms with Crippen LogP contribution in [-0.2, 0) is 0 Å². The summed E-state index contributed by atoms with van der Waals surface area (Å²) in [6.45, 7) is 0. The van der Waals surface area contributed by atoms with Gasteiger partial charge in [0, 0.05) is 18.6 Å². The molecule has 5 heteroatoms. The van der Waals surface area contributed by atoms with E-state index in [2.05, 4.69) is 9.97 Å². The molecule has 0 unspecified atom stereocenters. The molecule has 18 heavy (non-hydrogen) atoms. The molecule has 5 nitrogen and oxygen atoms in total. The van der Waals surface area contributed by atoms with E-state index >= 15 is 0 Å². The fraction of sp³-hybridized carbons (Fsp3) is 0. The molecule has 0 aliphatic heterocycles. The highest BCUT2D eigenvalue weighted by Gasteiger charge is 2.08. The molecule has 0 atom stereocenters. The Kier molecular flexibility index (Phi) is 2.30. The standard InChI is InChI=1S/C13H9N3O2/c17-13(18)9-4-5-12-15-11(8-16(12)7-9)10-3-1-2-6-14-10/h1-8H,(H,17,18). The number of pyridine rings is 2. The molecule has 0 aromatic carbocycles. The molecule has 0 aliphatic carbocycles. The van der Waals surface area contributed by atoms with E-state index in [1.165, 1.54) is 12.3 Å². The van der Waals surface area contributed by atoms with Gasteiger partial charge in [-0.05, 0) is 24.3 Å². The van der Waals surface area contributed by atoms with E-state index in [0.717, 1.165) is 11.4 Å². The minimum absolute atomic E-state index is 0.229. The van der Waals surface area contributed by atoms with Gasteiger partial charge in [-0.25, -0.2) is 9.78 Å². The highest BCUT2D eigenvalue weighted by atomic mass is 16.4. The van der Waals surface area contributed by atoms with E-state index in [1.807, 2.05) is 18.2 Å². The molecule has 3 rings (SSSR count). The summed E-state index contributed by atoms with van der Waals surface area (Å²) in [5, 5.41) is 8.92. The number of imidazole rings is 1. The normalized spacial score (nSPS) is 10.7. The summed E-state index contributed by atoms with van der Waals surface area (Å²) in [5.41, 5.74) is 2.41. The maximum absolute atomic E-state index is 10.9. The van der Waals surface area contributed by atoms with Crippen LogP contribution in [0.3, 0.4) is 0 Å². The second-order valence-corrected chi connectivity index (χ2v) is 3.83. The molecular formula is C13H9N3O2. The van der Waals surface area contributed by atoms with E-state index in [1.54, 1.807) is 22.9 Å². The summed E-state index contributed by atoms with van der Waals surface area (Å²) in [5.74, 6) is -0.954. The van der Waals surface area contributed by atoms with E-state index < -0.39 is 5.97 Å². The lowest BCUT2D eigenvalue weighted by Gasteiger charge is -1.95. The van der Waals surface area contributed by atoms with Crippen LogP contribution in [0.1, 0.15) is 10.4 Å². The zero-order valence-corrected chi connectivity index (χ0v) is 9.32. The van der Waals surface area contributed by atoms with Crippen LogP contribution in [-0.4, -0.2) is 25.4 Å². The highest BCUT2D eigenvalue weighted by molar-refractivity contribution is 5.87. The number of aromatic carboxylic acids is 1. The van der Waals surface area contributed by atoms with E-state index in [0.29, 0.717) is 5.65 Å². The highest BCUT2D eigenvalue weighted by Crippen LogP contribution is 2.16. The summed E-state index contributed by atoms with van der Waals surface area (Å²) in [7, 11) is 0. The van der Waals surface area contributed by atoms with Crippen LogP contribution in [0.15, 0.2) is 48.9 Å².